The molecule has 0 spiro atoms. The second kappa shape index (κ2) is 5.67. The van der Waals surface area contributed by atoms with Gasteiger partial charge in [-0.25, -0.2) is 0 Å². The van der Waals surface area contributed by atoms with Crippen LogP contribution < -0.4 is 0 Å². The van der Waals surface area contributed by atoms with E-state index in [0.29, 0.717) is 0 Å². The van der Waals surface area contributed by atoms with Crippen molar-refractivity contribution in [2.75, 3.05) is 0 Å². The van der Waals surface area contributed by atoms with Gasteiger partial charge in [0.05, 0.1) is 0 Å². The summed E-state index contributed by atoms with van der Waals surface area (Å²) < 4.78 is 31.9. The molecule has 7 heteroatoms. The molecule has 2 radical (unpaired) electrons. The summed E-state index contributed by atoms with van der Waals surface area (Å²) in [6, 6.07) is 0. The Hall–Kier alpha value is 1.53. The van der Waals surface area contributed by atoms with E-state index in [0.717, 1.165) is 0 Å². The first-order valence-electron chi connectivity index (χ1n) is 0.698. The van der Waals surface area contributed by atoms with E-state index in [2.05, 4.69) is 0 Å². The zero-order valence-corrected chi connectivity index (χ0v) is 10.7. The van der Waals surface area contributed by atoms with Crippen LogP contribution in [-0.2, 0) is 66.0 Å². The Morgan fingerprint density at radius 2 is 1.00 bits per heavy atom. The Kier molecular flexibility index (Phi) is 12.8. The second-order valence-corrected chi connectivity index (χ2v) is 1.85. The maximum atomic E-state index is 8.82. The molecule has 4 nitrogen and oxygen atoms in total. The van der Waals surface area contributed by atoms with Gasteiger partial charge < -0.3 is 0 Å². The van der Waals surface area contributed by atoms with Crippen molar-refractivity contribution in [2.45, 2.75) is 0 Å². The van der Waals surface area contributed by atoms with Crippen molar-refractivity contribution in [2.24, 2.45) is 0 Å². The fourth-order valence-corrected chi connectivity index (χ4v) is 0. The van der Waals surface area contributed by atoms with E-state index in [-0.39, 0.29) is 44.8 Å². The van der Waals surface area contributed by atoms with Crippen LogP contribution in [0.25, 0.3) is 0 Å². The molecule has 0 aliphatic rings. The first-order valence-corrected chi connectivity index (χ1v) is 2.88. The monoisotopic (exact) mass is 480 g/mol. The van der Waals surface area contributed by atoms with Crippen molar-refractivity contribution in [1.29, 1.82) is 0 Å². The summed E-state index contributed by atoms with van der Waals surface area (Å²) in [6.07, 6.45) is 0. The molecule has 0 amide bonds. The van der Waals surface area contributed by atoms with Crippen molar-refractivity contribution in [1.82, 2.24) is 0 Å². The van der Waals surface area contributed by atoms with Crippen LogP contribution in [0.3, 0.4) is 0 Å². The van der Waals surface area contributed by atoms with Gasteiger partial charge in [-0.3, -0.25) is 0 Å². The Bertz CT molecular complexity index is 92.9. The van der Waals surface area contributed by atoms with E-state index in [1.165, 1.54) is 0 Å². The van der Waals surface area contributed by atoms with Crippen LogP contribution in [-0.4, -0.2) is 8.32 Å². The Morgan fingerprint density at radius 3 is 1.00 bits per heavy atom. The number of hydrogen-bond donors (Lipinski definition) is 2. The summed E-state index contributed by atoms with van der Waals surface area (Å²) in [5.41, 5.74) is 0. The zero-order chi connectivity index (χ0) is 4.50. The van der Waals surface area contributed by atoms with E-state index in [9.17, 15) is 0 Å². The Labute approximate surface area is 73.7 Å². The second-order valence-electron chi connectivity index (χ2n) is 0.448. The standard InChI is InChI=1S/Cr.2H2O.2O.2Ta/h;2*1H2;;;;/q+2;;;;;;/p-2. The number of hydrogen-bond acceptors (Lipinski definition) is 2. The van der Waals surface area contributed by atoms with E-state index >= 15 is 0 Å². The normalized spacial score (nSPS) is 8.29. The molecule has 0 aliphatic heterocycles. The summed E-state index contributed by atoms with van der Waals surface area (Å²) in [5, 5.41) is 0. The molecule has 2 N–H and O–H groups in total. The summed E-state index contributed by atoms with van der Waals surface area (Å²) in [7, 11) is 0. The molecule has 0 unspecified atom stereocenters. The quantitative estimate of drug-likeness (QED) is 0.450. The third-order valence-electron chi connectivity index (χ3n) is 0. The van der Waals surface area contributed by atoms with Crippen LogP contribution >= 0.6 is 0 Å². The van der Waals surface area contributed by atoms with E-state index in [1.807, 2.05) is 0 Å². The summed E-state index contributed by atoms with van der Waals surface area (Å²) >= 11 is -5.25. The van der Waals surface area contributed by atoms with Crippen LogP contribution in [0.1, 0.15) is 0 Å². The molecule has 0 saturated carbocycles. The van der Waals surface area contributed by atoms with E-state index < -0.39 is 13.6 Å². The molecule has 0 aliphatic carbocycles. The molecular weight excluding hydrogens is 478 g/mol. The van der Waals surface area contributed by atoms with Crippen molar-refractivity contribution < 1.29 is 74.3 Å². The third kappa shape index (κ3) is 98.1. The molecular formula is H2CrO4Ta2. The van der Waals surface area contributed by atoms with Crippen molar-refractivity contribution in [3.8, 4) is 0 Å². The maximum absolute atomic E-state index is 8.82. The minimum Gasteiger partial charge on any atom is 0 e. The summed E-state index contributed by atoms with van der Waals surface area (Å²) in [4.78, 5) is 0. The first kappa shape index (κ1) is 15.8. The minimum atomic E-state index is -5.25. The molecule has 0 saturated heterocycles. The average molecular weight is 480 g/mol. The van der Waals surface area contributed by atoms with Gasteiger partial charge in [-0.15, -0.1) is 0 Å². The molecule has 0 rings (SSSR count). The minimum absolute atomic E-state index is 0. The molecule has 0 bridgehead atoms. The first-order chi connectivity index (χ1) is 2.00. The van der Waals surface area contributed by atoms with Crippen LogP contribution in [0.4, 0.5) is 0 Å². The molecule has 42 valence electrons. The predicted octanol–water partition coefficient (Wildman–Crippen LogP) is -1.36. The van der Waals surface area contributed by atoms with Crippen molar-refractivity contribution >= 4 is 0 Å². The predicted molar refractivity (Wildman–Crippen MR) is 5.81 cm³/mol. The molecule has 0 fully saturated rings. The SMILES string of the molecule is [O]=[Cr](=[O])([OH])[OH].[Ta].[Ta]. The van der Waals surface area contributed by atoms with Gasteiger partial charge in [0, 0.05) is 44.8 Å². The molecule has 0 heterocycles. The van der Waals surface area contributed by atoms with Gasteiger partial charge in [-0.1, -0.05) is 0 Å². The van der Waals surface area contributed by atoms with Crippen LogP contribution in [0.2, 0.25) is 0 Å². The average Bonchev–Trinajstić information content (AvgIpc) is 0.722. The zero-order valence-electron chi connectivity index (χ0n) is 3.01. The topological polar surface area (TPSA) is 74.6 Å². The van der Waals surface area contributed by atoms with Gasteiger partial charge in [-0.2, -0.15) is 0 Å². The molecule has 0 aromatic rings. The molecule has 7 heavy (non-hydrogen) atoms. The van der Waals surface area contributed by atoms with Gasteiger partial charge in [0.25, 0.3) is 0 Å². The fourth-order valence-electron chi connectivity index (χ4n) is 0. The molecule has 0 atom stereocenters. The smallest absolute Gasteiger partial charge is 0 e. The summed E-state index contributed by atoms with van der Waals surface area (Å²) in [6.45, 7) is 0. The van der Waals surface area contributed by atoms with E-state index in [4.69, 9.17) is 15.9 Å². The van der Waals surface area contributed by atoms with E-state index in [1.54, 1.807) is 0 Å². The van der Waals surface area contributed by atoms with Gasteiger partial charge in [-0.05, 0) is 0 Å². The van der Waals surface area contributed by atoms with Gasteiger partial charge in [0.15, 0.2) is 0 Å². The van der Waals surface area contributed by atoms with Crippen LogP contribution in [0, 0.1) is 0 Å². The Morgan fingerprint density at radius 1 is 1.00 bits per heavy atom. The van der Waals surface area contributed by atoms with Gasteiger partial charge in [0.2, 0.25) is 0 Å². The van der Waals surface area contributed by atoms with Crippen LogP contribution in [0.15, 0.2) is 0 Å². The van der Waals surface area contributed by atoms with Gasteiger partial charge >= 0.3 is 29.5 Å². The van der Waals surface area contributed by atoms with Gasteiger partial charge in [0.1, 0.15) is 0 Å². The van der Waals surface area contributed by atoms with Crippen molar-refractivity contribution in [3.05, 3.63) is 0 Å². The Balaban J connectivity index is -0.0000000800. The molecule has 0 aromatic carbocycles. The number of rotatable bonds is 0. The molecule has 0 aromatic heterocycles. The largest absolute Gasteiger partial charge is 0 e. The summed E-state index contributed by atoms with van der Waals surface area (Å²) in [5.74, 6) is 0. The van der Waals surface area contributed by atoms with Crippen molar-refractivity contribution in [3.63, 3.8) is 0 Å². The van der Waals surface area contributed by atoms with Crippen LogP contribution in [0.5, 0.6) is 0 Å². The fraction of sp³-hybridized carbons (Fsp3) is 0. The third-order valence-corrected chi connectivity index (χ3v) is 0. The maximum Gasteiger partial charge on any atom is 0 e.